The number of carbonyl (C=O) groups is 1. The zero-order valence-electron chi connectivity index (χ0n) is 9.49. The number of hydrogen-bond acceptors (Lipinski definition) is 2. The van der Waals surface area contributed by atoms with Gasteiger partial charge in [0.15, 0.2) is 0 Å². The zero-order valence-corrected chi connectivity index (χ0v) is 9.49. The molecule has 4 atom stereocenters. The van der Waals surface area contributed by atoms with E-state index in [0.29, 0.717) is 0 Å². The largest absolute Gasteiger partial charge is 0.358 e. The summed E-state index contributed by atoms with van der Waals surface area (Å²) in [6.07, 6.45) is 7.34. The lowest BCUT2D eigenvalue weighted by molar-refractivity contribution is -0.122. The first-order valence-electron chi connectivity index (χ1n) is 5.84. The van der Waals surface area contributed by atoms with Gasteiger partial charge in [0.25, 0.3) is 0 Å². The van der Waals surface area contributed by atoms with Crippen molar-refractivity contribution in [3.05, 3.63) is 12.2 Å². The maximum atomic E-state index is 11.3. The van der Waals surface area contributed by atoms with Crippen LogP contribution in [0.25, 0.3) is 0 Å². The highest BCUT2D eigenvalue weighted by Gasteiger charge is 2.35. The minimum absolute atomic E-state index is 0.0712. The average Bonchev–Trinajstić information content (AvgIpc) is 2.86. The molecule has 3 unspecified atom stereocenters. The number of fused-ring (bicyclic) bond motifs is 2. The van der Waals surface area contributed by atoms with E-state index in [0.717, 1.165) is 24.3 Å². The highest BCUT2D eigenvalue weighted by molar-refractivity contribution is 5.80. The molecule has 2 rings (SSSR count). The van der Waals surface area contributed by atoms with Crippen LogP contribution in [-0.4, -0.2) is 25.5 Å². The van der Waals surface area contributed by atoms with Crippen LogP contribution in [0.2, 0.25) is 0 Å². The standard InChI is InChI=1S/C12H20N2O/c1-8(12(15)13-2)14-7-11-6-9-3-4-10(11)5-9/h3-4,8-11,14H,5-7H2,1-2H3,(H,13,15)/t8-,9?,10?,11?/m1/s1. The molecule has 1 amide bonds. The predicted molar refractivity (Wildman–Crippen MR) is 60.4 cm³/mol. The van der Waals surface area contributed by atoms with Crippen LogP contribution < -0.4 is 10.6 Å². The van der Waals surface area contributed by atoms with E-state index < -0.39 is 0 Å². The van der Waals surface area contributed by atoms with Crippen molar-refractivity contribution in [2.45, 2.75) is 25.8 Å². The molecule has 84 valence electrons. The van der Waals surface area contributed by atoms with E-state index in [2.05, 4.69) is 22.8 Å². The van der Waals surface area contributed by atoms with Gasteiger partial charge in [-0.25, -0.2) is 0 Å². The molecule has 3 nitrogen and oxygen atoms in total. The first kappa shape index (κ1) is 10.7. The van der Waals surface area contributed by atoms with Crippen molar-refractivity contribution in [1.29, 1.82) is 0 Å². The number of hydrogen-bond donors (Lipinski definition) is 2. The molecule has 2 aliphatic carbocycles. The Balaban J connectivity index is 1.75. The lowest BCUT2D eigenvalue weighted by Gasteiger charge is -2.21. The molecule has 1 saturated carbocycles. The average molecular weight is 208 g/mol. The Morgan fingerprint density at radius 1 is 1.47 bits per heavy atom. The molecular weight excluding hydrogens is 188 g/mol. The Morgan fingerprint density at radius 3 is 2.80 bits per heavy atom. The van der Waals surface area contributed by atoms with Crippen molar-refractivity contribution in [2.24, 2.45) is 17.8 Å². The second kappa shape index (κ2) is 4.35. The molecule has 0 spiro atoms. The number of amides is 1. The van der Waals surface area contributed by atoms with Crippen LogP contribution in [0.3, 0.4) is 0 Å². The van der Waals surface area contributed by atoms with E-state index >= 15 is 0 Å². The molecule has 0 aromatic rings. The fourth-order valence-electron chi connectivity index (χ4n) is 2.77. The molecule has 2 bridgehead atoms. The monoisotopic (exact) mass is 208 g/mol. The third-order valence-corrected chi connectivity index (χ3v) is 3.74. The van der Waals surface area contributed by atoms with E-state index in [4.69, 9.17) is 0 Å². The van der Waals surface area contributed by atoms with Gasteiger partial charge in [-0.15, -0.1) is 0 Å². The molecule has 0 heterocycles. The molecule has 1 fully saturated rings. The van der Waals surface area contributed by atoms with Gasteiger partial charge in [0.2, 0.25) is 5.91 Å². The summed E-state index contributed by atoms with van der Waals surface area (Å²) in [5.41, 5.74) is 0. The minimum atomic E-state index is -0.0712. The zero-order chi connectivity index (χ0) is 10.8. The molecule has 0 radical (unpaired) electrons. The molecule has 0 aromatic carbocycles. The Labute approximate surface area is 91.3 Å². The van der Waals surface area contributed by atoms with Gasteiger partial charge in [0.05, 0.1) is 6.04 Å². The van der Waals surface area contributed by atoms with Gasteiger partial charge in [-0.2, -0.15) is 0 Å². The van der Waals surface area contributed by atoms with Crippen molar-refractivity contribution in [3.8, 4) is 0 Å². The summed E-state index contributed by atoms with van der Waals surface area (Å²) >= 11 is 0. The fraction of sp³-hybridized carbons (Fsp3) is 0.750. The molecule has 15 heavy (non-hydrogen) atoms. The topological polar surface area (TPSA) is 41.1 Å². The number of likely N-dealkylation sites (N-methyl/N-ethyl adjacent to an activating group) is 1. The van der Waals surface area contributed by atoms with E-state index in [9.17, 15) is 4.79 Å². The van der Waals surface area contributed by atoms with Gasteiger partial charge in [-0.3, -0.25) is 4.79 Å². The SMILES string of the molecule is CNC(=O)[C@@H](C)NCC1CC2C=CC1C2. The maximum absolute atomic E-state index is 11.3. The smallest absolute Gasteiger partial charge is 0.236 e. The van der Waals surface area contributed by atoms with E-state index in [1.807, 2.05) is 6.92 Å². The third-order valence-electron chi connectivity index (χ3n) is 3.74. The van der Waals surface area contributed by atoms with Crippen molar-refractivity contribution < 1.29 is 4.79 Å². The van der Waals surface area contributed by atoms with E-state index in [1.54, 1.807) is 7.05 Å². The highest BCUT2D eigenvalue weighted by Crippen LogP contribution is 2.42. The Kier molecular flexibility index (Phi) is 3.10. The van der Waals surface area contributed by atoms with Gasteiger partial charge in [-0.05, 0) is 44.1 Å². The Hall–Kier alpha value is -0.830. The van der Waals surface area contributed by atoms with E-state index in [-0.39, 0.29) is 11.9 Å². The summed E-state index contributed by atoms with van der Waals surface area (Å²) in [5, 5.41) is 5.97. The van der Waals surface area contributed by atoms with Crippen LogP contribution in [0.4, 0.5) is 0 Å². The second-order valence-electron chi connectivity index (χ2n) is 4.78. The molecule has 0 aromatic heterocycles. The minimum Gasteiger partial charge on any atom is -0.358 e. The lowest BCUT2D eigenvalue weighted by atomic mass is 9.93. The number of nitrogens with one attached hydrogen (secondary N) is 2. The summed E-state index contributed by atoms with van der Waals surface area (Å²) in [5.74, 6) is 2.40. The Morgan fingerprint density at radius 2 is 2.27 bits per heavy atom. The summed E-state index contributed by atoms with van der Waals surface area (Å²) in [4.78, 5) is 11.3. The van der Waals surface area contributed by atoms with E-state index in [1.165, 1.54) is 12.8 Å². The first-order chi connectivity index (χ1) is 7.20. The molecule has 3 heteroatoms. The molecule has 2 N–H and O–H groups in total. The van der Waals surface area contributed by atoms with Crippen LogP contribution in [-0.2, 0) is 4.79 Å². The molecule has 0 saturated heterocycles. The van der Waals surface area contributed by atoms with Crippen LogP contribution in [0.5, 0.6) is 0 Å². The Bertz CT molecular complexity index is 275. The molecular formula is C12H20N2O. The summed E-state index contributed by atoms with van der Waals surface area (Å²) in [6.45, 7) is 2.89. The van der Waals surface area contributed by atoms with Gasteiger partial charge < -0.3 is 10.6 Å². The van der Waals surface area contributed by atoms with Gasteiger partial charge >= 0.3 is 0 Å². The maximum Gasteiger partial charge on any atom is 0.236 e. The fourth-order valence-corrected chi connectivity index (χ4v) is 2.77. The van der Waals surface area contributed by atoms with Crippen LogP contribution in [0, 0.1) is 17.8 Å². The quantitative estimate of drug-likeness (QED) is 0.675. The van der Waals surface area contributed by atoms with Crippen molar-refractivity contribution >= 4 is 5.91 Å². The summed E-state index contributed by atoms with van der Waals surface area (Å²) in [6, 6.07) is -0.0712. The first-order valence-corrected chi connectivity index (χ1v) is 5.84. The van der Waals surface area contributed by atoms with Gasteiger partial charge in [0, 0.05) is 7.05 Å². The predicted octanol–water partition coefficient (Wildman–Crippen LogP) is 0.923. The van der Waals surface area contributed by atoms with Crippen LogP contribution in [0.1, 0.15) is 19.8 Å². The van der Waals surface area contributed by atoms with Gasteiger partial charge in [0.1, 0.15) is 0 Å². The normalized spacial score (nSPS) is 34.4. The van der Waals surface area contributed by atoms with Gasteiger partial charge in [-0.1, -0.05) is 12.2 Å². The molecule has 2 aliphatic rings. The van der Waals surface area contributed by atoms with Crippen molar-refractivity contribution in [3.63, 3.8) is 0 Å². The van der Waals surface area contributed by atoms with Crippen molar-refractivity contribution in [1.82, 2.24) is 10.6 Å². The van der Waals surface area contributed by atoms with Crippen LogP contribution >= 0.6 is 0 Å². The number of rotatable bonds is 4. The van der Waals surface area contributed by atoms with Crippen molar-refractivity contribution in [2.75, 3.05) is 13.6 Å². The van der Waals surface area contributed by atoms with Crippen LogP contribution in [0.15, 0.2) is 12.2 Å². The molecule has 0 aliphatic heterocycles. The summed E-state index contributed by atoms with van der Waals surface area (Å²) < 4.78 is 0. The number of carbonyl (C=O) groups excluding carboxylic acids is 1. The second-order valence-corrected chi connectivity index (χ2v) is 4.78. The summed E-state index contributed by atoms with van der Waals surface area (Å²) in [7, 11) is 1.68. The lowest BCUT2D eigenvalue weighted by Crippen LogP contribution is -2.43. The highest BCUT2D eigenvalue weighted by atomic mass is 16.2. The number of allylic oxidation sites excluding steroid dienone is 2. The third kappa shape index (κ3) is 2.23.